The summed E-state index contributed by atoms with van der Waals surface area (Å²) in [5.74, 6) is 1.16. The third kappa shape index (κ3) is 9.53. The summed E-state index contributed by atoms with van der Waals surface area (Å²) in [4.78, 5) is 64.7. The number of hydrogen-bond acceptors (Lipinski definition) is 12. The molecule has 0 spiro atoms. The van der Waals surface area contributed by atoms with E-state index in [9.17, 15) is 24.3 Å². The fourth-order valence-electron chi connectivity index (χ4n) is 6.71. The van der Waals surface area contributed by atoms with E-state index in [-0.39, 0.29) is 24.2 Å². The van der Waals surface area contributed by atoms with Crippen molar-refractivity contribution in [3.63, 3.8) is 0 Å². The average molecular weight is 754 g/mol. The second-order valence-electron chi connectivity index (χ2n) is 14.8. The summed E-state index contributed by atoms with van der Waals surface area (Å²) in [5.41, 5.74) is 4.60. The van der Waals surface area contributed by atoms with Crippen LogP contribution >= 0.6 is 0 Å². The lowest BCUT2D eigenvalue weighted by Gasteiger charge is -2.42. The van der Waals surface area contributed by atoms with Gasteiger partial charge in [0.25, 0.3) is 11.1 Å². The van der Waals surface area contributed by atoms with Crippen molar-refractivity contribution in [1.82, 2.24) is 33.9 Å². The first kappa shape index (κ1) is 39.0. The zero-order valence-electron chi connectivity index (χ0n) is 31.8. The Labute approximate surface area is 318 Å². The number of carbonyl (C=O) groups excluding carboxylic acids is 2. The average Bonchev–Trinajstić information content (AvgIpc) is 3.14. The largest absolute Gasteiger partial charge is 0.486 e. The Balaban J connectivity index is 0.000000286. The number of aliphatic hydroxyl groups is 1. The van der Waals surface area contributed by atoms with E-state index in [1.807, 2.05) is 46.8 Å². The summed E-state index contributed by atoms with van der Waals surface area (Å²) in [6.45, 7) is 12.5. The fourth-order valence-corrected chi connectivity index (χ4v) is 6.71. The van der Waals surface area contributed by atoms with Gasteiger partial charge in [-0.1, -0.05) is 0 Å². The molecule has 5 aromatic heterocycles. The van der Waals surface area contributed by atoms with E-state index in [1.165, 1.54) is 16.7 Å². The molecular formula is C40H47N7O8. The van der Waals surface area contributed by atoms with Crippen LogP contribution in [-0.4, -0.2) is 102 Å². The van der Waals surface area contributed by atoms with Gasteiger partial charge in [-0.3, -0.25) is 38.9 Å². The third-order valence-electron chi connectivity index (χ3n) is 9.32. The summed E-state index contributed by atoms with van der Waals surface area (Å²) >= 11 is 0. The van der Waals surface area contributed by atoms with Crippen LogP contribution < -0.4 is 20.6 Å². The molecule has 1 N–H and O–H groups in total. The lowest BCUT2D eigenvalue weighted by Crippen LogP contribution is -2.56. The Hall–Kier alpha value is -5.67. The highest BCUT2D eigenvalue weighted by Gasteiger charge is 2.37. The van der Waals surface area contributed by atoms with Gasteiger partial charge in [0.15, 0.2) is 11.5 Å². The number of aryl methyl sites for hydroxylation is 2. The standard InChI is InChI=1S/C29H37N5O6.C11H10N2O2/c1-19-13-23-21(31-15-19)5-6-27(36)33(23)10-9-32-8-7-22(24(35)18-32)34(28(37)40-29(2,3)4)17-20-14-25-26(16-30-20)39-12-11-38-25;1-8-6-10-9(12-7-8)2-3-11(15)13(10)4-5-14/h5-6,13-16,22,24,35H,7-12,17-18H2,1-4H3;2-3,5-7H,4H2,1H3/t22-,24+;/m0./s1. The van der Waals surface area contributed by atoms with Crippen LogP contribution in [-0.2, 0) is 29.2 Å². The molecule has 15 nitrogen and oxygen atoms in total. The molecule has 2 aliphatic heterocycles. The van der Waals surface area contributed by atoms with Crippen LogP contribution in [0.1, 0.15) is 44.0 Å². The minimum atomic E-state index is -0.813. The van der Waals surface area contributed by atoms with Crippen molar-refractivity contribution in [2.75, 3.05) is 32.8 Å². The number of aliphatic hydroxyl groups excluding tert-OH is 1. The molecule has 1 fully saturated rings. The van der Waals surface area contributed by atoms with Crippen LogP contribution in [0.15, 0.2) is 70.6 Å². The van der Waals surface area contributed by atoms with Crippen molar-refractivity contribution in [1.29, 1.82) is 0 Å². The van der Waals surface area contributed by atoms with Gasteiger partial charge in [0.1, 0.15) is 25.1 Å². The minimum absolute atomic E-state index is 0.0707. The topological polar surface area (TPSA) is 171 Å². The van der Waals surface area contributed by atoms with Gasteiger partial charge in [-0.2, -0.15) is 0 Å². The van der Waals surface area contributed by atoms with E-state index in [1.54, 1.807) is 46.3 Å². The number of aldehydes is 1. The van der Waals surface area contributed by atoms with E-state index in [0.29, 0.717) is 74.8 Å². The van der Waals surface area contributed by atoms with Crippen molar-refractivity contribution in [3.05, 3.63) is 98.6 Å². The van der Waals surface area contributed by atoms with E-state index in [4.69, 9.17) is 14.2 Å². The van der Waals surface area contributed by atoms with Gasteiger partial charge in [0.2, 0.25) is 0 Å². The molecule has 0 saturated carbocycles. The lowest BCUT2D eigenvalue weighted by atomic mass is 10.00. The number of β-amino-alcohol motifs (C(OH)–C–C–N with tert-alkyl or cyclic N) is 1. The maximum atomic E-state index is 13.3. The molecule has 2 atom stereocenters. The molecule has 7 heterocycles. The first-order valence-electron chi connectivity index (χ1n) is 18.3. The Morgan fingerprint density at radius 1 is 0.891 bits per heavy atom. The summed E-state index contributed by atoms with van der Waals surface area (Å²) < 4.78 is 20.1. The zero-order chi connectivity index (χ0) is 39.3. The van der Waals surface area contributed by atoms with Crippen molar-refractivity contribution in [2.24, 2.45) is 0 Å². The number of rotatable bonds is 8. The Kier molecular flexibility index (Phi) is 11.9. The van der Waals surface area contributed by atoms with Crippen molar-refractivity contribution in [3.8, 4) is 11.5 Å². The van der Waals surface area contributed by atoms with Crippen LogP contribution in [0.25, 0.3) is 22.1 Å². The smallest absolute Gasteiger partial charge is 0.410 e. The number of amides is 1. The maximum absolute atomic E-state index is 13.3. The molecule has 0 radical (unpaired) electrons. The molecule has 7 rings (SSSR count). The van der Waals surface area contributed by atoms with Crippen LogP contribution in [0, 0.1) is 13.8 Å². The Morgan fingerprint density at radius 3 is 2.13 bits per heavy atom. The van der Waals surface area contributed by atoms with Gasteiger partial charge >= 0.3 is 6.09 Å². The van der Waals surface area contributed by atoms with Crippen molar-refractivity contribution in [2.45, 2.75) is 78.4 Å². The number of hydrogen-bond donors (Lipinski definition) is 1. The van der Waals surface area contributed by atoms with Crippen LogP contribution in [0.5, 0.6) is 11.5 Å². The number of ether oxygens (including phenoxy) is 3. The molecule has 1 saturated heterocycles. The van der Waals surface area contributed by atoms with Crippen LogP contribution in [0.4, 0.5) is 4.79 Å². The van der Waals surface area contributed by atoms with Gasteiger partial charge in [0, 0.05) is 56.8 Å². The van der Waals surface area contributed by atoms with E-state index in [2.05, 4.69) is 19.9 Å². The van der Waals surface area contributed by atoms with E-state index >= 15 is 0 Å². The summed E-state index contributed by atoms with van der Waals surface area (Å²) in [7, 11) is 0. The van der Waals surface area contributed by atoms with Gasteiger partial charge in [-0.15, -0.1) is 0 Å². The molecule has 0 aliphatic carbocycles. The van der Waals surface area contributed by atoms with Gasteiger partial charge in [-0.05, 0) is 76.4 Å². The number of piperidine rings is 1. The predicted molar refractivity (Wildman–Crippen MR) is 205 cm³/mol. The summed E-state index contributed by atoms with van der Waals surface area (Å²) in [5, 5.41) is 11.3. The fraction of sp³-hybridized carbons (Fsp3) is 0.425. The van der Waals surface area contributed by atoms with Crippen molar-refractivity contribution < 1.29 is 28.9 Å². The SMILES string of the molecule is Cc1cnc2ccc(=O)n(CC=O)c2c1.Cc1cnc2ccc(=O)n(CCN3CC[C@H](N(Cc4cc5c(cn4)OCCO5)C(=O)OC(C)(C)C)[C@H](O)C3)c2c1. The highest BCUT2D eigenvalue weighted by atomic mass is 16.6. The predicted octanol–water partition coefficient (Wildman–Crippen LogP) is 3.65. The lowest BCUT2D eigenvalue weighted by molar-refractivity contribution is -0.108. The molecule has 2 aliphatic rings. The normalized spacial score (nSPS) is 17.0. The second kappa shape index (κ2) is 16.8. The Morgan fingerprint density at radius 2 is 1.51 bits per heavy atom. The summed E-state index contributed by atoms with van der Waals surface area (Å²) in [6.07, 6.45) is 5.05. The number of fused-ring (bicyclic) bond motifs is 3. The Bertz CT molecular complexity index is 2300. The molecule has 290 valence electrons. The molecule has 1 amide bonds. The number of nitrogens with zero attached hydrogens (tertiary/aromatic N) is 7. The third-order valence-corrected chi connectivity index (χ3v) is 9.32. The molecule has 0 unspecified atom stereocenters. The quantitative estimate of drug-likeness (QED) is 0.229. The summed E-state index contributed by atoms with van der Waals surface area (Å²) in [6, 6.07) is 11.5. The van der Waals surface area contributed by atoms with Crippen LogP contribution in [0.3, 0.4) is 0 Å². The van der Waals surface area contributed by atoms with Crippen molar-refractivity contribution >= 4 is 34.4 Å². The number of pyridine rings is 5. The highest BCUT2D eigenvalue weighted by Crippen LogP contribution is 2.31. The van der Waals surface area contributed by atoms with Gasteiger partial charge in [0.05, 0.1) is 59.2 Å². The van der Waals surface area contributed by atoms with E-state index in [0.717, 1.165) is 27.7 Å². The zero-order valence-corrected chi connectivity index (χ0v) is 31.8. The number of carbonyl (C=O) groups is 2. The maximum Gasteiger partial charge on any atom is 0.410 e. The molecule has 15 heteroatoms. The monoisotopic (exact) mass is 753 g/mol. The first-order valence-corrected chi connectivity index (χ1v) is 18.3. The number of likely N-dealkylation sites (tertiary alicyclic amines) is 1. The molecule has 0 bridgehead atoms. The van der Waals surface area contributed by atoms with Gasteiger partial charge in [-0.25, -0.2) is 4.79 Å². The number of aromatic nitrogens is 5. The highest BCUT2D eigenvalue weighted by molar-refractivity contribution is 5.76. The van der Waals surface area contributed by atoms with Crippen LogP contribution in [0.2, 0.25) is 0 Å². The molecule has 55 heavy (non-hydrogen) atoms. The molecule has 0 aromatic carbocycles. The molecular weight excluding hydrogens is 706 g/mol. The molecule has 5 aromatic rings. The van der Waals surface area contributed by atoms with Gasteiger partial charge < -0.3 is 28.7 Å². The first-order chi connectivity index (χ1) is 26.3. The second-order valence-corrected chi connectivity index (χ2v) is 14.8. The minimum Gasteiger partial charge on any atom is -0.486 e. The van der Waals surface area contributed by atoms with E-state index < -0.39 is 23.8 Å².